The molecule has 0 saturated heterocycles. The van der Waals surface area contributed by atoms with E-state index in [1.54, 1.807) is 0 Å². The first-order chi connectivity index (χ1) is 9.05. The maximum Gasteiger partial charge on any atom is 0.573 e. The lowest BCUT2D eigenvalue weighted by Gasteiger charge is -2.16. The molecule has 0 spiro atoms. The minimum atomic E-state index is -4.76. The Morgan fingerprint density at radius 3 is 2.05 bits per heavy atom. The number of halogens is 6. The van der Waals surface area contributed by atoms with Gasteiger partial charge >= 0.3 is 12.5 Å². The molecule has 0 fully saturated rings. The molecule has 2 nitrogen and oxygen atoms in total. The predicted molar refractivity (Wildman–Crippen MR) is 60.1 cm³/mol. The van der Waals surface area contributed by atoms with Crippen molar-refractivity contribution in [1.82, 2.24) is 5.32 Å². The van der Waals surface area contributed by atoms with Crippen LogP contribution in [0.5, 0.6) is 5.75 Å². The molecule has 0 saturated carbocycles. The van der Waals surface area contributed by atoms with Crippen LogP contribution in [0.15, 0.2) is 24.3 Å². The number of alkyl halides is 6. The van der Waals surface area contributed by atoms with Crippen LogP contribution < -0.4 is 10.1 Å². The third kappa shape index (κ3) is 7.22. The van der Waals surface area contributed by atoms with E-state index >= 15 is 0 Å². The van der Waals surface area contributed by atoms with Gasteiger partial charge in [-0.25, -0.2) is 0 Å². The Kier molecular flexibility index (Phi) is 5.27. The highest BCUT2D eigenvalue weighted by molar-refractivity contribution is 5.27. The molecule has 0 aliphatic heterocycles. The fourth-order valence-corrected chi connectivity index (χ4v) is 1.52. The largest absolute Gasteiger partial charge is 0.573 e. The predicted octanol–water partition coefficient (Wildman–Crippen LogP) is 4.02. The molecule has 114 valence electrons. The van der Waals surface area contributed by atoms with Gasteiger partial charge in [0, 0.05) is 12.6 Å². The molecule has 1 atom stereocenters. The molecule has 1 unspecified atom stereocenters. The molecule has 0 aliphatic rings. The second-order valence-corrected chi connectivity index (χ2v) is 4.29. The minimum Gasteiger partial charge on any atom is -0.406 e. The summed E-state index contributed by atoms with van der Waals surface area (Å²) >= 11 is 0. The fraction of sp³-hybridized carbons (Fsp3) is 0.500. The highest BCUT2D eigenvalue weighted by Gasteiger charge is 2.31. The van der Waals surface area contributed by atoms with Gasteiger partial charge in [0.15, 0.2) is 0 Å². The number of benzene rings is 1. The summed E-state index contributed by atoms with van der Waals surface area (Å²) in [6.07, 6.45) is -9.99. The summed E-state index contributed by atoms with van der Waals surface area (Å²) in [4.78, 5) is 0. The summed E-state index contributed by atoms with van der Waals surface area (Å²) in [6.45, 7) is 1.51. The molecule has 0 aromatic heterocycles. The van der Waals surface area contributed by atoms with Gasteiger partial charge in [-0.3, -0.25) is 0 Å². The summed E-state index contributed by atoms with van der Waals surface area (Å²) in [7, 11) is 0. The van der Waals surface area contributed by atoms with Crippen LogP contribution in [0.25, 0.3) is 0 Å². The molecule has 0 aliphatic carbocycles. The van der Waals surface area contributed by atoms with Crippen LogP contribution in [0, 0.1) is 0 Å². The van der Waals surface area contributed by atoms with Crippen LogP contribution in [0.2, 0.25) is 0 Å². The minimum absolute atomic E-state index is 0.129. The van der Waals surface area contributed by atoms with Gasteiger partial charge in [-0.05, 0) is 24.6 Å². The van der Waals surface area contributed by atoms with Gasteiger partial charge in [-0.1, -0.05) is 12.1 Å². The molecule has 1 rings (SSSR count). The molecule has 0 bridgehead atoms. The average molecular weight is 301 g/mol. The zero-order valence-electron chi connectivity index (χ0n) is 10.5. The first kappa shape index (κ1) is 16.6. The van der Waals surface area contributed by atoms with Gasteiger partial charge < -0.3 is 10.1 Å². The Balaban J connectivity index is 2.46. The molecule has 0 radical (unpaired) electrons. The standard InChI is InChI=1S/C12H13F6NO/c1-8(6-11(13,14)15)19-7-9-2-4-10(5-3-9)20-12(16,17)18/h2-5,8,19H,6-7H2,1H3. The van der Waals surface area contributed by atoms with E-state index < -0.39 is 25.0 Å². The van der Waals surface area contributed by atoms with E-state index in [1.807, 2.05) is 0 Å². The van der Waals surface area contributed by atoms with Gasteiger partial charge in [0.1, 0.15) is 5.75 Å². The Morgan fingerprint density at radius 2 is 1.60 bits per heavy atom. The van der Waals surface area contributed by atoms with E-state index in [-0.39, 0.29) is 12.3 Å². The first-order valence-corrected chi connectivity index (χ1v) is 5.70. The second kappa shape index (κ2) is 6.34. The molecule has 0 amide bonds. The lowest BCUT2D eigenvalue weighted by atomic mass is 10.2. The van der Waals surface area contributed by atoms with Crippen LogP contribution in [0.4, 0.5) is 26.3 Å². The quantitative estimate of drug-likeness (QED) is 0.830. The maximum atomic E-state index is 12.1. The Labute approximate surface area is 111 Å². The summed E-state index contributed by atoms with van der Waals surface area (Å²) in [5, 5.41) is 2.64. The van der Waals surface area contributed by atoms with E-state index in [0.29, 0.717) is 5.56 Å². The maximum absolute atomic E-state index is 12.1. The number of rotatable bonds is 5. The molecule has 1 aromatic carbocycles. The summed E-state index contributed by atoms with van der Waals surface area (Å²) in [5.41, 5.74) is 0.563. The van der Waals surface area contributed by atoms with E-state index in [4.69, 9.17) is 0 Å². The Morgan fingerprint density at radius 1 is 1.05 bits per heavy atom. The van der Waals surface area contributed by atoms with Crippen molar-refractivity contribution in [3.63, 3.8) is 0 Å². The van der Waals surface area contributed by atoms with Crippen molar-refractivity contribution < 1.29 is 31.1 Å². The third-order valence-corrected chi connectivity index (χ3v) is 2.35. The van der Waals surface area contributed by atoms with Crippen molar-refractivity contribution in [3.05, 3.63) is 29.8 Å². The number of nitrogens with one attached hydrogen (secondary N) is 1. The van der Waals surface area contributed by atoms with Gasteiger partial charge in [0.25, 0.3) is 0 Å². The number of hydrogen-bond donors (Lipinski definition) is 1. The van der Waals surface area contributed by atoms with Crippen LogP contribution in [-0.2, 0) is 6.54 Å². The van der Waals surface area contributed by atoms with Crippen molar-refractivity contribution in [2.75, 3.05) is 0 Å². The van der Waals surface area contributed by atoms with Crippen LogP contribution in [-0.4, -0.2) is 18.6 Å². The van der Waals surface area contributed by atoms with Crippen molar-refractivity contribution >= 4 is 0 Å². The smallest absolute Gasteiger partial charge is 0.406 e. The zero-order chi connectivity index (χ0) is 15.4. The van der Waals surface area contributed by atoms with Crippen molar-refractivity contribution in [2.45, 2.75) is 38.5 Å². The van der Waals surface area contributed by atoms with Gasteiger partial charge in [-0.15, -0.1) is 13.2 Å². The van der Waals surface area contributed by atoms with Gasteiger partial charge in [0.05, 0.1) is 6.42 Å². The van der Waals surface area contributed by atoms with Crippen molar-refractivity contribution in [2.24, 2.45) is 0 Å². The lowest BCUT2D eigenvalue weighted by Crippen LogP contribution is -2.30. The molecule has 1 aromatic rings. The Bertz CT molecular complexity index is 411. The first-order valence-electron chi connectivity index (χ1n) is 5.70. The van der Waals surface area contributed by atoms with Crippen molar-refractivity contribution in [1.29, 1.82) is 0 Å². The van der Waals surface area contributed by atoms with E-state index in [9.17, 15) is 26.3 Å². The number of ether oxygens (including phenoxy) is 1. The Hall–Kier alpha value is -1.44. The fourth-order valence-electron chi connectivity index (χ4n) is 1.52. The molecule has 20 heavy (non-hydrogen) atoms. The summed E-state index contributed by atoms with van der Waals surface area (Å²) in [6, 6.07) is 4.15. The zero-order valence-corrected chi connectivity index (χ0v) is 10.5. The molecular formula is C12H13F6NO. The van der Waals surface area contributed by atoms with E-state index in [1.165, 1.54) is 19.1 Å². The van der Waals surface area contributed by atoms with Gasteiger partial charge in [-0.2, -0.15) is 13.2 Å². The summed E-state index contributed by atoms with van der Waals surface area (Å²) in [5.74, 6) is -0.371. The molecule has 0 heterocycles. The number of hydrogen-bond acceptors (Lipinski definition) is 2. The normalized spacial score (nSPS) is 14.2. The molecule has 8 heteroatoms. The highest BCUT2D eigenvalue weighted by Crippen LogP contribution is 2.23. The van der Waals surface area contributed by atoms with Crippen LogP contribution in [0.1, 0.15) is 18.9 Å². The van der Waals surface area contributed by atoms with Crippen LogP contribution in [0.3, 0.4) is 0 Å². The van der Waals surface area contributed by atoms with E-state index in [0.717, 1.165) is 12.1 Å². The molecular weight excluding hydrogens is 288 g/mol. The monoisotopic (exact) mass is 301 g/mol. The van der Waals surface area contributed by atoms with Crippen LogP contribution >= 0.6 is 0 Å². The molecule has 1 N–H and O–H groups in total. The summed E-state index contributed by atoms with van der Waals surface area (Å²) < 4.78 is 75.7. The van der Waals surface area contributed by atoms with E-state index in [2.05, 4.69) is 10.1 Å². The van der Waals surface area contributed by atoms with Crippen molar-refractivity contribution in [3.8, 4) is 5.75 Å². The lowest BCUT2D eigenvalue weighted by molar-refractivity contribution is -0.274. The van der Waals surface area contributed by atoms with Gasteiger partial charge in [0.2, 0.25) is 0 Å². The topological polar surface area (TPSA) is 21.3 Å². The third-order valence-electron chi connectivity index (χ3n) is 2.35. The average Bonchev–Trinajstić information content (AvgIpc) is 2.23. The SMILES string of the molecule is CC(CC(F)(F)F)NCc1ccc(OC(F)(F)F)cc1. The highest BCUT2D eigenvalue weighted by atomic mass is 19.4. The second-order valence-electron chi connectivity index (χ2n) is 4.29.